The van der Waals surface area contributed by atoms with Gasteiger partial charge in [0.1, 0.15) is 0 Å². The van der Waals surface area contributed by atoms with Crippen molar-refractivity contribution in [3.05, 3.63) is 35.4 Å². The molecule has 0 saturated carbocycles. The van der Waals surface area contributed by atoms with Crippen LogP contribution in [0.4, 0.5) is 0 Å². The molecule has 1 N–H and O–H groups in total. The zero-order valence-corrected chi connectivity index (χ0v) is 18.9. The van der Waals surface area contributed by atoms with Crippen LogP contribution in [0.15, 0.2) is 24.3 Å². The van der Waals surface area contributed by atoms with Crippen molar-refractivity contribution in [3.8, 4) is 0 Å². The van der Waals surface area contributed by atoms with Crippen LogP contribution in [-0.4, -0.2) is 43.7 Å². The number of likely N-dealkylation sites (tertiary alicyclic amines) is 1. The molecule has 1 aliphatic heterocycles. The lowest BCUT2D eigenvalue weighted by molar-refractivity contribution is -0.123. The quantitative estimate of drug-likeness (QED) is 0.647. The minimum absolute atomic E-state index is 0. The highest BCUT2D eigenvalue weighted by atomic mass is 16.5. The second-order valence-corrected chi connectivity index (χ2v) is 10.1. The Kier molecular flexibility index (Phi) is 7.39. The molecule has 0 bridgehead atoms. The zero-order chi connectivity index (χ0) is 20.9. The first-order chi connectivity index (χ1) is 13.8. The SMILES string of the molecule is CCOCCC(=O)N[C@H]1CCC2(CCN(CCC(C)(C)C)CC2)c2ccccc21.[HH]. The molecule has 1 aliphatic carbocycles. The third-order valence-corrected chi connectivity index (χ3v) is 6.82. The van der Waals surface area contributed by atoms with Crippen LogP contribution in [0.1, 0.15) is 84.8 Å². The van der Waals surface area contributed by atoms with Gasteiger partial charge in [0.2, 0.25) is 5.91 Å². The van der Waals surface area contributed by atoms with Crippen molar-refractivity contribution in [2.24, 2.45) is 5.41 Å². The molecule has 29 heavy (non-hydrogen) atoms. The molecule has 1 saturated heterocycles. The van der Waals surface area contributed by atoms with Crippen LogP contribution >= 0.6 is 0 Å². The van der Waals surface area contributed by atoms with Crippen molar-refractivity contribution < 1.29 is 11.0 Å². The topological polar surface area (TPSA) is 41.6 Å². The number of amides is 1. The maximum absolute atomic E-state index is 12.4. The monoisotopic (exact) mass is 402 g/mol. The first-order valence-electron chi connectivity index (χ1n) is 11.5. The van der Waals surface area contributed by atoms with Crippen LogP contribution in [0.5, 0.6) is 0 Å². The number of carbonyl (C=O) groups is 1. The van der Waals surface area contributed by atoms with Crippen LogP contribution in [0.2, 0.25) is 0 Å². The summed E-state index contributed by atoms with van der Waals surface area (Å²) in [5.41, 5.74) is 3.52. The summed E-state index contributed by atoms with van der Waals surface area (Å²) in [5.74, 6) is 0.103. The van der Waals surface area contributed by atoms with E-state index < -0.39 is 0 Å². The number of hydrogen-bond acceptors (Lipinski definition) is 3. The van der Waals surface area contributed by atoms with Gasteiger partial charge in [-0.15, -0.1) is 0 Å². The predicted octanol–water partition coefficient (Wildman–Crippen LogP) is 5.08. The minimum atomic E-state index is 0. The molecule has 1 spiro atoms. The van der Waals surface area contributed by atoms with Crippen LogP contribution in [-0.2, 0) is 14.9 Å². The van der Waals surface area contributed by atoms with Gasteiger partial charge in [-0.3, -0.25) is 4.79 Å². The Bertz CT molecular complexity index is 678. The van der Waals surface area contributed by atoms with E-state index in [4.69, 9.17) is 4.74 Å². The van der Waals surface area contributed by atoms with Crippen molar-refractivity contribution in [2.75, 3.05) is 32.8 Å². The molecule has 1 fully saturated rings. The number of piperidine rings is 1. The second-order valence-electron chi connectivity index (χ2n) is 10.1. The average Bonchev–Trinajstić information content (AvgIpc) is 2.70. The average molecular weight is 403 g/mol. The maximum Gasteiger partial charge on any atom is 0.222 e. The summed E-state index contributed by atoms with van der Waals surface area (Å²) in [6, 6.07) is 8.99. The summed E-state index contributed by atoms with van der Waals surface area (Å²) < 4.78 is 5.34. The Morgan fingerprint density at radius 2 is 1.97 bits per heavy atom. The molecule has 3 rings (SSSR count). The van der Waals surface area contributed by atoms with Crippen LogP contribution in [0.25, 0.3) is 0 Å². The van der Waals surface area contributed by atoms with Gasteiger partial charge in [-0.25, -0.2) is 0 Å². The number of nitrogens with zero attached hydrogens (tertiary/aromatic N) is 1. The van der Waals surface area contributed by atoms with E-state index >= 15 is 0 Å². The molecule has 1 heterocycles. The van der Waals surface area contributed by atoms with E-state index in [9.17, 15) is 4.79 Å². The van der Waals surface area contributed by atoms with Gasteiger partial charge in [-0.05, 0) is 80.6 Å². The van der Waals surface area contributed by atoms with Crippen LogP contribution in [0.3, 0.4) is 0 Å². The Balaban J connectivity index is 0.00000320. The highest BCUT2D eigenvalue weighted by Crippen LogP contribution is 2.48. The van der Waals surface area contributed by atoms with Gasteiger partial charge < -0.3 is 15.0 Å². The summed E-state index contributed by atoms with van der Waals surface area (Å²) in [6.07, 6.45) is 6.39. The molecular weight excluding hydrogens is 360 g/mol. The van der Waals surface area contributed by atoms with E-state index in [1.54, 1.807) is 0 Å². The van der Waals surface area contributed by atoms with Crippen molar-refractivity contribution >= 4 is 5.91 Å². The highest BCUT2D eigenvalue weighted by molar-refractivity contribution is 5.76. The van der Waals surface area contributed by atoms with Gasteiger partial charge in [-0.1, -0.05) is 45.0 Å². The fourth-order valence-corrected chi connectivity index (χ4v) is 4.94. The largest absolute Gasteiger partial charge is 0.381 e. The Morgan fingerprint density at radius 3 is 2.66 bits per heavy atom. The number of rotatable bonds is 7. The normalized spacial score (nSPS) is 21.7. The summed E-state index contributed by atoms with van der Waals surface area (Å²) in [6.45, 7) is 13.7. The molecule has 4 nitrogen and oxygen atoms in total. The zero-order valence-electron chi connectivity index (χ0n) is 18.9. The van der Waals surface area contributed by atoms with E-state index in [0.717, 1.165) is 6.42 Å². The van der Waals surface area contributed by atoms with Crippen molar-refractivity contribution in [1.29, 1.82) is 0 Å². The molecule has 164 valence electrons. The lowest BCUT2D eigenvalue weighted by Crippen LogP contribution is -2.46. The van der Waals surface area contributed by atoms with Crippen LogP contribution < -0.4 is 5.32 Å². The highest BCUT2D eigenvalue weighted by Gasteiger charge is 2.42. The van der Waals surface area contributed by atoms with E-state index in [1.807, 2.05) is 6.92 Å². The van der Waals surface area contributed by atoms with Gasteiger partial charge in [0.05, 0.1) is 12.6 Å². The molecule has 4 heteroatoms. The summed E-state index contributed by atoms with van der Waals surface area (Å²) in [4.78, 5) is 15.0. The molecular formula is C25H42N2O2. The van der Waals surface area contributed by atoms with E-state index in [-0.39, 0.29) is 13.4 Å². The summed E-state index contributed by atoms with van der Waals surface area (Å²) in [7, 11) is 0. The lowest BCUT2D eigenvalue weighted by Gasteiger charge is -2.47. The summed E-state index contributed by atoms with van der Waals surface area (Å²) in [5, 5.41) is 3.27. The fraction of sp³-hybridized carbons (Fsp3) is 0.720. The first-order valence-corrected chi connectivity index (χ1v) is 11.5. The standard InChI is InChI=1S/C25H40N2O2.H2/c1-5-29-19-11-23(28)26-22-10-12-25(21-9-7-6-8-20(21)22)14-17-27(18-15-25)16-13-24(2,3)4;/h6-9,22H,5,10-19H2,1-4H3,(H,26,28);1H/t22-;/m0./s1. The second kappa shape index (κ2) is 9.61. The lowest BCUT2D eigenvalue weighted by atomic mass is 9.63. The third-order valence-electron chi connectivity index (χ3n) is 6.82. The molecule has 1 amide bonds. The number of carbonyl (C=O) groups excluding carboxylic acids is 1. The van der Waals surface area contributed by atoms with E-state index in [2.05, 4.69) is 55.3 Å². The van der Waals surface area contributed by atoms with Gasteiger partial charge in [0.25, 0.3) is 0 Å². The molecule has 1 aromatic carbocycles. The van der Waals surface area contributed by atoms with Crippen LogP contribution in [0, 0.1) is 5.41 Å². The van der Waals surface area contributed by atoms with Gasteiger partial charge in [0.15, 0.2) is 0 Å². The minimum Gasteiger partial charge on any atom is -0.381 e. The van der Waals surface area contributed by atoms with Crippen molar-refractivity contribution in [2.45, 2.75) is 77.7 Å². The fourth-order valence-electron chi connectivity index (χ4n) is 4.94. The van der Waals surface area contributed by atoms with Crippen molar-refractivity contribution in [1.82, 2.24) is 10.2 Å². The molecule has 1 atom stereocenters. The molecule has 0 aromatic heterocycles. The summed E-state index contributed by atoms with van der Waals surface area (Å²) >= 11 is 0. The van der Waals surface area contributed by atoms with Gasteiger partial charge in [-0.2, -0.15) is 0 Å². The molecule has 0 radical (unpaired) electrons. The third kappa shape index (κ3) is 5.82. The Hall–Kier alpha value is -1.39. The van der Waals surface area contributed by atoms with Gasteiger partial charge >= 0.3 is 0 Å². The van der Waals surface area contributed by atoms with Crippen molar-refractivity contribution in [3.63, 3.8) is 0 Å². The number of fused-ring (bicyclic) bond motifs is 2. The van der Waals surface area contributed by atoms with E-state index in [1.165, 1.54) is 56.4 Å². The number of nitrogens with one attached hydrogen (secondary N) is 1. The number of ether oxygens (including phenoxy) is 1. The predicted molar refractivity (Wildman–Crippen MR) is 121 cm³/mol. The van der Waals surface area contributed by atoms with Gasteiger partial charge in [0, 0.05) is 14.5 Å². The molecule has 2 aliphatic rings. The van der Waals surface area contributed by atoms with E-state index in [0.29, 0.717) is 30.5 Å². The smallest absolute Gasteiger partial charge is 0.222 e. The maximum atomic E-state index is 12.4. The Labute approximate surface area is 178 Å². The number of hydrogen-bond donors (Lipinski definition) is 1. The molecule has 0 unspecified atom stereocenters. The first kappa shape index (κ1) is 22.3. The Morgan fingerprint density at radius 1 is 1.24 bits per heavy atom. The number of benzene rings is 1. The molecule has 1 aromatic rings.